The molecular formula is C26H39FN2O5S. The maximum Gasteiger partial charge on any atom is 0.241 e. The van der Waals surface area contributed by atoms with Gasteiger partial charge in [-0.15, -0.1) is 0 Å². The number of hydrogen-bond donors (Lipinski definition) is 2. The number of hydrogen-bond acceptors (Lipinski definition) is 6. The van der Waals surface area contributed by atoms with Crippen molar-refractivity contribution in [3.63, 3.8) is 0 Å². The quantitative estimate of drug-likeness (QED) is 0.296. The first kappa shape index (κ1) is 28.9. The van der Waals surface area contributed by atoms with Crippen molar-refractivity contribution in [1.82, 2.24) is 5.32 Å². The standard InChI is InChI=1S/C26H39FN2O5S/c1-4-5-6-7-8-9-15-33-23-13-11-22(27)19-25(23)34-16-14-29-20(2)17-21-10-12-24(32-3)26(18-21)35(28,30)31/h10-13,18-20,29H,4-9,14-17H2,1-3H3,(H2,28,30,31). The minimum absolute atomic E-state index is 0.0346. The Kier molecular flexibility index (Phi) is 12.3. The smallest absolute Gasteiger partial charge is 0.241 e. The molecule has 0 radical (unpaired) electrons. The van der Waals surface area contributed by atoms with Gasteiger partial charge >= 0.3 is 0 Å². The van der Waals surface area contributed by atoms with E-state index in [1.165, 1.54) is 51.0 Å². The number of rotatable bonds is 17. The van der Waals surface area contributed by atoms with Crippen molar-refractivity contribution < 1.29 is 27.0 Å². The fraction of sp³-hybridized carbons (Fsp3) is 0.538. The van der Waals surface area contributed by atoms with Gasteiger partial charge in [-0.1, -0.05) is 45.1 Å². The lowest BCUT2D eigenvalue weighted by Gasteiger charge is -2.17. The van der Waals surface area contributed by atoms with Crippen LogP contribution in [0.25, 0.3) is 0 Å². The van der Waals surface area contributed by atoms with Gasteiger partial charge in [0.1, 0.15) is 23.1 Å². The van der Waals surface area contributed by atoms with Gasteiger partial charge in [-0.2, -0.15) is 0 Å². The molecule has 2 rings (SSSR count). The molecule has 0 spiro atoms. The highest BCUT2D eigenvalue weighted by Gasteiger charge is 2.16. The number of primary sulfonamides is 1. The fourth-order valence-electron chi connectivity index (χ4n) is 3.74. The minimum Gasteiger partial charge on any atom is -0.495 e. The third kappa shape index (κ3) is 10.4. The van der Waals surface area contributed by atoms with Crippen LogP contribution in [0.4, 0.5) is 4.39 Å². The number of benzene rings is 2. The van der Waals surface area contributed by atoms with Crippen molar-refractivity contribution in [2.24, 2.45) is 5.14 Å². The second-order valence-corrected chi connectivity index (χ2v) is 10.2. The number of unbranched alkanes of at least 4 members (excludes halogenated alkanes) is 5. The number of ether oxygens (including phenoxy) is 3. The molecule has 196 valence electrons. The summed E-state index contributed by atoms with van der Waals surface area (Å²) in [6, 6.07) is 9.29. The van der Waals surface area contributed by atoms with Crippen LogP contribution in [0.2, 0.25) is 0 Å². The Morgan fingerprint density at radius 1 is 0.943 bits per heavy atom. The van der Waals surface area contributed by atoms with Crippen molar-refractivity contribution >= 4 is 10.0 Å². The summed E-state index contributed by atoms with van der Waals surface area (Å²) in [6.07, 6.45) is 7.59. The van der Waals surface area contributed by atoms with Crippen molar-refractivity contribution in [2.45, 2.75) is 69.7 Å². The van der Waals surface area contributed by atoms with Crippen molar-refractivity contribution in [1.29, 1.82) is 0 Å². The van der Waals surface area contributed by atoms with E-state index in [0.29, 0.717) is 37.7 Å². The molecule has 0 saturated heterocycles. The summed E-state index contributed by atoms with van der Waals surface area (Å²) in [7, 11) is -2.48. The normalized spacial score (nSPS) is 12.4. The van der Waals surface area contributed by atoms with E-state index in [4.69, 9.17) is 19.3 Å². The predicted molar refractivity (Wildman–Crippen MR) is 136 cm³/mol. The Bertz CT molecular complexity index is 1020. The van der Waals surface area contributed by atoms with Crippen LogP contribution in [0.1, 0.15) is 57.9 Å². The Hall–Kier alpha value is -2.36. The van der Waals surface area contributed by atoms with E-state index in [1.807, 2.05) is 13.0 Å². The number of sulfonamides is 1. The molecule has 0 aliphatic heterocycles. The van der Waals surface area contributed by atoms with Crippen molar-refractivity contribution in [3.05, 3.63) is 47.8 Å². The number of methoxy groups -OCH3 is 1. The van der Waals surface area contributed by atoms with E-state index in [2.05, 4.69) is 12.2 Å². The molecule has 0 amide bonds. The summed E-state index contributed by atoms with van der Waals surface area (Å²) < 4.78 is 54.1. The molecule has 0 heterocycles. The topological polar surface area (TPSA) is 99.9 Å². The molecule has 3 N–H and O–H groups in total. The zero-order valence-corrected chi connectivity index (χ0v) is 21.8. The van der Waals surface area contributed by atoms with Gasteiger partial charge in [0.05, 0.1) is 13.7 Å². The molecule has 0 aliphatic rings. The van der Waals surface area contributed by atoms with E-state index in [0.717, 1.165) is 18.4 Å². The predicted octanol–water partition coefficient (Wildman–Crippen LogP) is 4.82. The lowest BCUT2D eigenvalue weighted by Crippen LogP contribution is -2.32. The monoisotopic (exact) mass is 510 g/mol. The highest BCUT2D eigenvalue weighted by molar-refractivity contribution is 7.89. The van der Waals surface area contributed by atoms with Gasteiger partial charge in [0.2, 0.25) is 10.0 Å². The van der Waals surface area contributed by atoms with Crippen LogP contribution >= 0.6 is 0 Å². The molecular weight excluding hydrogens is 471 g/mol. The van der Waals surface area contributed by atoms with Crippen LogP contribution in [0.15, 0.2) is 41.3 Å². The van der Waals surface area contributed by atoms with Gasteiger partial charge in [-0.25, -0.2) is 17.9 Å². The lowest BCUT2D eigenvalue weighted by atomic mass is 10.1. The summed E-state index contributed by atoms with van der Waals surface area (Å²) in [4.78, 5) is -0.0346. The van der Waals surface area contributed by atoms with Crippen LogP contribution in [-0.2, 0) is 16.4 Å². The number of nitrogens with two attached hydrogens (primary N) is 1. The van der Waals surface area contributed by atoms with Crippen LogP contribution in [0, 0.1) is 5.82 Å². The first-order valence-corrected chi connectivity index (χ1v) is 13.8. The summed E-state index contributed by atoms with van der Waals surface area (Å²) in [5, 5.41) is 8.62. The second-order valence-electron chi connectivity index (χ2n) is 8.65. The lowest BCUT2D eigenvalue weighted by molar-refractivity contribution is 0.259. The average Bonchev–Trinajstić information content (AvgIpc) is 2.81. The fourth-order valence-corrected chi connectivity index (χ4v) is 4.49. The number of halogens is 1. The van der Waals surface area contributed by atoms with Crippen LogP contribution in [0.3, 0.4) is 0 Å². The maximum absolute atomic E-state index is 13.7. The van der Waals surface area contributed by atoms with E-state index in [9.17, 15) is 12.8 Å². The van der Waals surface area contributed by atoms with Gasteiger partial charge < -0.3 is 19.5 Å². The molecule has 0 fully saturated rings. The molecule has 0 aliphatic carbocycles. The van der Waals surface area contributed by atoms with Crippen molar-refractivity contribution in [3.8, 4) is 17.2 Å². The first-order chi connectivity index (χ1) is 16.7. The van der Waals surface area contributed by atoms with Crippen LogP contribution in [-0.4, -0.2) is 41.3 Å². The molecule has 1 unspecified atom stereocenters. The highest BCUT2D eigenvalue weighted by Crippen LogP contribution is 2.28. The second kappa shape index (κ2) is 14.9. The van der Waals surface area contributed by atoms with Gasteiger partial charge in [-0.3, -0.25) is 0 Å². The zero-order valence-electron chi connectivity index (χ0n) is 21.0. The third-order valence-electron chi connectivity index (χ3n) is 5.59. The minimum atomic E-state index is -3.89. The van der Waals surface area contributed by atoms with E-state index >= 15 is 0 Å². The zero-order chi connectivity index (χ0) is 25.7. The Morgan fingerprint density at radius 3 is 2.34 bits per heavy atom. The van der Waals surface area contributed by atoms with Gasteiger partial charge in [0.25, 0.3) is 0 Å². The molecule has 35 heavy (non-hydrogen) atoms. The van der Waals surface area contributed by atoms with Gasteiger partial charge in [0.15, 0.2) is 11.5 Å². The SMILES string of the molecule is CCCCCCCCOc1ccc(F)cc1OCCNC(C)Cc1ccc(OC)c(S(N)(=O)=O)c1. The molecule has 2 aromatic rings. The Balaban J connectivity index is 1.80. The maximum atomic E-state index is 13.7. The molecule has 0 bridgehead atoms. The molecule has 7 nitrogen and oxygen atoms in total. The van der Waals surface area contributed by atoms with Gasteiger partial charge in [0, 0.05) is 18.7 Å². The van der Waals surface area contributed by atoms with E-state index in [1.54, 1.807) is 12.1 Å². The largest absolute Gasteiger partial charge is 0.495 e. The van der Waals surface area contributed by atoms with Crippen LogP contribution < -0.4 is 24.7 Å². The van der Waals surface area contributed by atoms with Crippen molar-refractivity contribution in [2.75, 3.05) is 26.9 Å². The summed E-state index contributed by atoms with van der Waals surface area (Å²) in [6.45, 7) is 5.60. The summed E-state index contributed by atoms with van der Waals surface area (Å²) >= 11 is 0. The summed E-state index contributed by atoms with van der Waals surface area (Å²) in [5.41, 5.74) is 0.811. The highest BCUT2D eigenvalue weighted by atomic mass is 32.2. The first-order valence-electron chi connectivity index (χ1n) is 12.2. The van der Waals surface area contributed by atoms with Gasteiger partial charge in [-0.05, 0) is 49.6 Å². The molecule has 2 aromatic carbocycles. The third-order valence-corrected chi connectivity index (χ3v) is 6.52. The molecule has 0 aromatic heterocycles. The van der Waals surface area contributed by atoms with E-state index < -0.39 is 10.0 Å². The van der Waals surface area contributed by atoms with Crippen LogP contribution in [0.5, 0.6) is 17.2 Å². The average molecular weight is 511 g/mol. The molecule has 9 heteroatoms. The number of nitrogens with one attached hydrogen (secondary N) is 1. The Labute approximate surface area is 209 Å². The van der Waals surface area contributed by atoms with E-state index in [-0.39, 0.29) is 22.5 Å². The molecule has 0 saturated carbocycles. The molecule has 1 atom stereocenters. The Morgan fingerprint density at radius 2 is 1.63 bits per heavy atom. The summed E-state index contributed by atoms with van der Waals surface area (Å²) in [5.74, 6) is 0.772.